The average molecular weight is 411 g/mol. The number of esters is 2. The van der Waals surface area contributed by atoms with Crippen molar-refractivity contribution in [2.24, 2.45) is 0 Å². The summed E-state index contributed by atoms with van der Waals surface area (Å²) in [4.78, 5) is 35.5. The third kappa shape index (κ3) is 4.17. The SMILES string of the molecule is COC(=O)c1sc(S(=O)(=O)Nc2cccc(C(C)=O)c2)c(C(=O)OC)c1C. The Morgan fingerprint density at radius 1 is 1.07 bits per heavy atom. The van der Waals surface area contributed by atoms with Gasteiger partial charge in [0.2, 0.25) is 0 Å². The molecule has 0 aliphatic heterocycles. The first-order chi connectivity index (χ1) is 12.6. The normalized spacial score (nSPS) is 11.0. The molecule has 1 N–H and O–H groups in total. The fourth-order valence-electron chi connectivity index (χ4n) is 2.31. The van der Waals surface area contributed by atoms with Crippen LogP contribution in [0.25, 0.3) is 0 Å². The number of hydrogen-bond donors (Lipinski definition) is 1. The van der Waals surface area contributed by atoms with E-state index in [1.165, 1.54) is 32.0 Å². The Morgan fingerprint density at radius 3 is 2.26 bits per heavy atom. The summed E-state index contributed by atoms with van der Waals surface area (Å²) in [5, 5.41) is 0. The van der Waals surface area contributed by atoms with Crippen LogP contribution in [0.1, 0.15) is 42.9 Å². The van der Waals surface area contributed by atoms with Crippen molar-refractivity contribution in [2.45, 2.75) is 18.1 Å². The third-order valence-corrected chi connectivity index (χ3v) is 6.81. The zero-order valence-corrected chi connectivity index (χ0v) is 16.6. The summed E-state index contributed by atoms with van der Waals surface area (Å²) < 4.78 is 37.0. The predicted molar refractivity (Wildman–Crippen MR) is 99.0 cm³/mol. The highest BCUT2D eigenvalue weighted by Gasteiger charge is 2.32. The van der Waals surface area contributed by atoms with Gasteiger partial charge in [-0.3, -0.25) is 9.52 Å². The summed E-state index contributed by atoms with van der Waals surface area (Å²) in [5.41, 5.74) is 0.375. The second kappa shape index (κ2) is 7.89. The molecule has 1 aromatic carbocycles. The van der Waals surface area contributed by atoms with Crippen LogP contribution >= 0.6 is 11.3 Å². The topological polar surface area (TPSA) is 116 Å². The molecule has 1 aromatic heterocycles. The molecular weight excluding hydrogens is 394 g/mol. The van der Waals surface area contributed by atoms with Gasteiger partial charge < -0.3 is 9.47 Å². The van der Waals surface area contributed by atoms with Crippen molar-refractivity contribution >= 4 is 44.8 Å². The number of Topliss-reactive ketones (excluding diaryl/α,β-unsaturated/α-hetero) is 1. The molecule has 2 rings (SSSR count). The van der Waals surface area contributed by atoms with Gasteiger partial charge in [-0.2, -0.15) is 0 Å². The van der Waals surface area contributed by atoms with Gasteiger partial charge in [-0.25, -0.2) is 18.0 Å². The van der Waals surface area contributed by atoms with Crippen molar-refractivity contribution in [2.75, 3.05) is 18.9 Å². The largest absolute Gasteiger partial charge is 0.465 e. The maximum absolute atomic E-state index is 12.9. The number of benzene rings is 1. The first-order valence-electron chi connectivity index (χ1n) is 7.56. The van der Waals surface area contributed by atoms with Crippen LogP contribution in [0.15, 0.2) is 28.5 Å². The van der Waals surface area contributed by atoms with E-state index in [0.29, 0.717) is 16.9 Å². The molecule has 0 bridgehead atoms. The van der Waals surface area contributed by atoms with Crippen LogP contribution in [-0.4, -0.2) is 40.4 Å². The Hall–Kier alpha value is -2.72. The molecule has 0 saturated heterocycles. The van der Waals surface area contributed by atoms with E-state index in [4.69, 9.17) is 0 Å². The van der Waals surface area contributed by atoms with Gasteiger partial charge in [0.25, 0.3) is 10.0 Å². The highest BCUT2D eigenvalue weighted by molar-refractivity contribution is 7.94. The minimum absolute atomic E-state index is 0.0178. The summed E-state index contributed by atoms with van der Waals surface area (Å²) in [7, 11) is -1.98. The van der Waals surface area contributed by atoms with E-state index >= 15 is 0 Å². The van der Waals surface area contributed by atoms with E-state index in [9.17, 15) is 22.8 Å². The molecule has 0 amide bonds. The lowest BCUT2D eigenvalue weighted by Crippen LogP contribution is -2.16. The van der Waals surface area contributed by atoms with Crippen molar-refractivity contribution in [3.8, 4) is 0 Å². The van der Waals surface area contributed by atoms with Crippen LogP contribution in [0.4, 0.5) is 5.69 Å². The molecule has 10 heteroatoms. The molecular formula is C17H17NO7S2. The van der Waals surface area contributed by atoms with Crippen LogP contribution in [-0.2, 0) is 19.5 Å². The lowest BCUT2D eigenvalue weighted by atomic mass is 10.1. The Morgan fingerprint density at radius 2 is 1.70 bits per heavy atom. The highest BCUT2D eigenvalue weighted by Crippen LogP contribution is 2.34. The molecule has 8 nitrogen and oxygen atoms in total. The predicted octanol–water partition coefficient (Wildman–Crippen LogP) is 2.63. The number of anilines is 1. The number of thiophene rings is 1. The monoisotopic (exact) mass is 411 g/mol. The standard InChI is InChI=1S/C17H17NO7S2/c1-9-13(15(20)24-3)17(26-14(9)16(21)25-4)27(22,23)18-12-7-5-6-11(8-12)10(2)19/h5-8,18H,1-4H3. The minimum Gasteiger partial charge on any atom is -0.465 e. The first-order valence-corrected chi connectivity index (χ1v) is 9.86. The number of rotatable bonds is 6. The number of methoxy groups -OCH3 is 2. The molecule has 27 heavy (non-hydrogen) atoms. The summed E-state index contributed by atoms with van der Waals surface area (Å²) in [6.07, 6.45) is 0. The number of carbonyl (C=O) groups excluding carboxylic acids is 3. The highest BCUT2D eigenvalue weighted by atomic mass is 32.2. The van der Waals surface area contributed by atoms with Gasteiger partial charge in [0.1, 0.15) is 4.88 Å². The zero-order valence-electron chi connectivity index (χ0n) is 15.0. The van der Waals surface area contributed by atoms with Gasteiger partial charge in [0.05, 0.1) is 19.8 Å². The molecule has 0 aliphatic rings. The van der Waals surface area contributed by atoms with E-state index in [2.05, 4.69) is 14.2 Å². The van der Waals surface area contributed by atoms with Gasteiger partial charge in [0.15, 0.2) is 9.99 Å². The van der Waals surface area contributed by atoms with Crippen molar-refractivity contribution in [3.05, 3.63) is 45.8 Å². The maximum Gasteiger partial charge on any atom is 0.348 e. The lowest BCUT2D eigenvalue weighted by Gasteiger charge is -2.09. The molecule has 0 aliphatic carbocycles. The maximum atomic E-state index is 12.9. The van der Waals surface area contributed by atoms with Crippen LogP contribution in [0.5, 0.6) is 0 Å². The number of carbonyl (C=O) groups is 3. The minimum atomic E-state index is -4.24. The van der Waals surface area contributed by atoms with E-state index < -0.39 is 22.0 Å². The molecule has 2 aromatic rings. The molecule has 1 heterocycles. The Balaban J connectivity index is 2.58. The average Bonchev–Trinajstić information content (AvgIpc) is 2.98. The quantitative estimate of drug-likeness (QED) is 0.574. The lowest BCUT2D eigenvalue weighted by molar-refractivity contribution is 0.0596. The van der Waals surface area contributed by atoms with Gasteiger partial charge in [-0.05, 0) is 31.5 Å². The molecule has 0 spiro atoms. The van der Waals surface area contributed by atoms with Crippen LogP contribution < -0.4 is 4.72 Å². The zero-order chi connectivity index (χ0) is 20.4. The molecule has 0 radical (unpaired) electrons. The van der Waals surface area contributed by atoms with E-state index in [0.717, 1.165) is 14.2 Å². The number of hydrogen-bond acceptors (Lipinski definition) is 8. The third-order valence-electron chi connectivity index (χ3n) is 3.64. The Labute approximate surface area is 160 Å². The van der Waals surface area contributed by atoms with Crippen molar-refractivity contribution in [1.82, 2.24) is 0 Å². The van der Waals surface area contributed by atoms with Gasteiger partial charge >= 0.3 is 11.9 Å². The number of ketones is 1. The van der Waals surface area contributed by atoms with Gasteiger partial charge in [0, 0.05) is 11.3 Å². The molecule has 0 atom stereocenters. The smallest absolute Gasteiger partial charge is 0.348 e. The Bertz CT molecular complexity index is 1020. The second-order valence-electron chi connectivity index (χ2n) is 5.44. The summed E-state index contributed by atoms with van der Waals surface area (Å²) in [6.45, 7) is 2.79. The van der Waals surface area contributed by atoms with Gasteiger partial charge in [-0.1, -0.05) is 12.1 Å². The molecule has 144 valence electrons. The van der Waals surface area contributed by atoms with Crippen LogP contribution in [0.2, 0.25) is 0 Å². The number of ether oxygens (including phenoxy) is 2. The van der Waals surface area contributed by atoms with Crippen molar-refractivity contribution in [3.63, 3.8) is 0 Å². The summed E-state index contributed by atoms with van der Waals surface area (Å²) >= 11 is 0.606. The fourth-order valence-corrected chi connectivity index (χ4v) is 5.10. The number of nitrogens with one attached hydrogen (secondary N) is 1. The molecule has 0 unspecified atom stereocenters. The summed E-state index contributed by atoms with van der Waals surface area (Å²) in [6, 6.07) is 5.91. The van der Waals surface area contributed by atoms with Crippen molar-refractivity contribution in [1.29, 1.82) is 0 Å². The van der Waals surface area contributed by atoms with Crippen LogP contribution in [0.3, 0.4) is 0 Å². The van der Waals surface area contributed by atoms with E-state index in [1.807, 2.05) is 0 Å². The van der Waals surface area contributed by atoms with Gasteiger partial charge in [-0.15, -0.1) is 11.3 Å². The number of sulfonamides is 1. The first kappa shape index (κ1) is 20.6. The van der Waals surface area contributed by atoms with Crippen LogP contribution in [0, 0.1) is 6.92 Å². The molecule has 0 fully saturated rings. The van der Waals surface area contributed by atoms with Crippen molar-refractivity contribution < 1.29 is 32.3 Å². The molecule has 0 saturated carbocycles. The fraction of sp³-hybridized carbons (Fsp3) is 0.235. The van der Waals surface area contributed by atoms with E-state index in [1.54, 1.807) is 6.07 Å². The van der Waals surface area contributed by atoms with E-state index in [-0.39, 0.29) is 31.7 Å². The summed E-state index contributed by atoms with van der Waals surface area (Å²) in [5.74, 6) is -1.88. The Kier molecular flexibility index (Phi) is 6.01. The second-order valence-corrected chi connectivity index (χ2v) is 8.34.